The first kappa shape index (κ1) is 21.2. The summed E-state index contributed by atoms with van der Waals surface area (Å²) in [5.74, 6) is 1.15. The van der Waals surface area contributed by atoms with E-state index in [4.69, 9.17) is 13.9 Å². The van der Waals surface area contributed by atoms with E-state index in [-0.39, 0.29) is 23.9 Å². The van der Waals surface area contributed by atoms with E-state index in [0.29, 0.717) is 40.5 Å². The number of rotatable bonds is 9. The first-order valence-corrected chi connectivity index (χ1v) is 10.3. The van der Waals surface area contributed by atoms with Crippen LogP contribution in [0.25, 0.3) is 11.0 Å². The van der Waals surface area contributed by atoms with Gasteiger partial charge in [-0.05, 0) is 67.6 Å². The van der Waals surface area contributed by atoms with Gasteiger partial charge < -0.3 is 19.2 Å². The lowest BCUT2D eigenvalue weighted by molar-refractivity contribution is 0.0997. The monoisotopic (exact) mass is 429 g/mol. The molecule has 0 aliphatic carbocycles. The van der Waals surface area contributed by atoms with Gasteiger partial charge in [-0.1, -0.05) is 12.1 Å². The molecular weight excluding hydrogens is 406 g/mol. The maximum atomic E-state index is 13.2. The zero-order valence-electron chi connectivity index (χ0n) is 17.9. The minimum absolute atomic E-state index is 0.0133. The zero-order valence-corrected chi connectivity index (χ0v) is 17.9. The van der Waals surface area contributed by atoms with Crippen molar-refractivity contribution in [3.63, 3.8) is 0 Å². The SMILES string of the molecule is CCOc1ccc(C(=O)c2oc3ccccc3c2NCC(=O)c2ccc(OC)cc2)cc1. The van der Waals surface area contributed by atoms with Crippen LogP contribution in [0.15, 0.2) is 77.2 Å². The molecule has 32 heavy (non-hydrogen) atoms. The average molecular weight is 429 g/mol. The molecule has 0 atom stereocenters. The third-order valence-corrected chi connectivity index (χ3v) is 5.07. The minimum Gasteiger partial charge on any atom is -0.497 e. The molecule has 0 saturated carbocycles. The van der Waals surface area contributed by atoms with Crippen LogP contribution in [0.2, 0.25) is 0 Å². The first-order valence-electron chi connectivity index (χ1n) is 10.3. The average Bonchev–Trinajstić information content (AvgIpc) is 3.21. The molecule has 0 saturated heterocycles. The molecule has 3 aromatic carbocycles. The molecule has 162 valence electrons. The Morgan fingerprint density at radius 1 is 0.875 bits per heavy atom. The predicted octanol–water partition coefficient (Wildman–Crippen LogP) is 5.37. The van der Waals surface area contributed by atoms with Crippen LogP contribution in [0.1, 0.15) is 33.4 Å². The summed E-state index contributed by atoms with van der Waals surface area (Å²) in [7, 11) is 1.57. The minimum atomic E-state index is -0.274. The highest BCUT2D eigenvalue weighted by molar-refractivity contribution is 6.15. The summed E-state index contributed by atoms with van der Waals surface area (Å²) in [6.45, 7) is 2.46. The van der Waals surface area contributed by atoms with Crippen LogP contribution in [0.5, 0.6) is 11.5 Å². The lowest BCUT2D eigenvalue weighted by Crippen LogP contribution is -2.15. The molecule has 4 rings (SSSR count). The molecule has 6 heteroatoms. The Morgan fingerprint density at radius 2 is 1.53 bits per heavy atom. The summed E-state index contributed by atoms with van der Waals surface area (Å²) in [4.78, 5) is 25.9. The molecule has 0 aliphatic rings. The van der Waals surface area contributed by atoms with Gasteiger partial charge in [-0.15, -0.1) is 0 Å². The number of ketones is 2. The van der Waals surface area contributed by atoms with Crippen LogP contribution in [0, 0.1) is 0 Å². The number of fused-ring (bicyclic) bond motifs is 1. The Hall–Kier alpha value is -4.06. The third-order valence-electron chi connectivity index (χ3n) is 5.07. The predicted molar refractivity (Wildman–Crippen MR) is 123 cm³/mol. The molecule has 0 amide bonds. The second kappa shape index (κ2) is 9.39. The summed E-state index contributed by atoms with van der Waals surface area (Å²) >= 11 is 0. The Kier molecular flexibility index (Phi) is 6.22. The largest absolute Gasteiger partial charge is 0.497 e. The maximum Gasteiger partial charge on any atom is 0.230 e. The van der Waals surface area contributed by atoms with Gasteiger partial charge in [0.1, 0.15) is 17.1 Å². The molecule has 0 bridgehead atoms. The highest BCUT2D eigenvalue weighted by Gasteiger charge is 2.22. The number of Topliss-reactive ketones (excluding diaryl/α,β-unsaturated/α-hetero) is 1. The Morgan fingerprint density at radius 3 is 2.22 bits per heavy atom. The molecule has 1 aromatic heterocycles. The van der Waals surface area contributed by atoms with Crippen LogP contribution >= 0.6 is 0 Å². The number of nitrogens with one attached hydrogen (secondary N) is 1. The first-order chi connectivity index (χ1) is 15.6. The summed E-state index contributed by atoms with van der Waals surface area (Å²) in [6, 6.07) is 21.1. The van der Waals surface area contributed by atoms with Crippen molar-refractivity contribution < 1.29 is 23.5 Å². The topological polar surface area (TPSA) is 77.8 Å². The number of ether oxygens (including phenoxy) is 2. The second-order valence-electron chi connectivity index (χ2n) is 7.09. The third kappa shape index (κ3) is 4.34. The van der Waals surface area contributed by atoms with E-state index in [1.54, 1.807) is 61.7 Å². The number of anilines is 1. The summed E-state index contributed by atoms with van der Waals surface area (Å²) in [6.07, 6.45) is 0. The van der Waals surface area contributed by atoms with Crippen LogP contribution in [-0.2, 0) is 0 Å². The van der Waals surface area contributed by atoms with Gasteiger partial charge in [-0.2, -0.15) is 0 Å². The molecule has 0 fully saturated rings. The number of para-hydroxylation sites is 1. The van der Waals surface area contributed by atoms with Crippen molar-refractivity contribution in [1.29, 1.82) is 0 Å². The van der Waals surface area contributed by atoms with Crippen LogP contribution < -0.4 is 14.8 Å². The van der Waals surface area contributed by atoms with Gasteiger partial charge in [0, 0.05) is 16.5 Å². The van der Waals surface area contributed by atoms with E-state index in [9.17, 15) is 9.59 Å². The van der Waals surface area contributed by atoms with Crippen LogP contribution in [-0.4, -0.2) is 31.8 Å². The number of carbonyl (C=O) groups is 2. The van der Waals surface area contributed by atoms with Crippen molar-refractivity contribution in [2.24, 2.45) is 0 Å². The molecule has 0 radical (unpaired) electrons. The molecule has 1 N–H and O–H groups in total. The fraction of sp³-hybridized carbons (Fsp3) is 0.154. The van der Waals surface area contributed by atoms with Gasteiger partial charge >= 0.3 is 0 Å². The van der Waals surface area contributed by atoms with Gasteiger partial charge in [-0.3, -0.25) is 9.59 Å². The van der Waals surface area contributed by atoms with E-state index in [0.717, 1.165) is 5.39 Å². The highest BCUT2D eigenvalue weighted by atomic mass is 16.5. The lowest BCUT2D eigenvalue weighted by Gasteiger charge is -2.08. The maximum absolute atomic E-state index is 13.2. The second-order valence-corrected chi connectivity index (χ2v) is 7.09. The Balaban J connectivity index is 1.61. The highest BCUT2D eigenvalue weighted by Crippen LogP contribution is 2.32. The smallest absolute Gasteiger partial charge is 0.230 e. The molecular formula is C26H23NO5. The van der Waals surface area contributed by atoms with Crippen molar-refractivity contribution in [3.05, 3.63) is 89.7 Å². The van der Waals surface area contributed by atoms with E-state index >= 15 is 0 Å². The molecule has 6 nitrogen and oxygen atoms in total. The van der Waals surface area contributed by atoms with Crippen molar-refractivity contribution in [2.45, 2.75) is 6.92 Å². The van der Waals surface area contributed by atoms with E-state index in [1.165, 1.54) is 0 Å². The van der Waals surface area contributed by atoms with Crippen molar-refractivity contribution in [3.8, 4) is 11.5 Å². The summed E-state index contributed by atoms with van der Waals surface area (Å²) < 4.78 is 16.5. The van der Waals surface area contributed by atoms with Crippen molar-refractivity contribution >= 4 is 28.2 Å². The van der Waals surface area contributed by atoms with Gasteiger partial charge in [0.25, 0.3) is 0 Å². The quantitative estimate of drug-likeness (QED) is 0.361. The van der Waals surface area contributed by atoms with Gasteiger partial charge in [-0.25, -0.2) is 0 Å². The number of hydrogen-bond donors (Lipinski definition) is 1. The zero-order chi connectivity index (χ0) is 22.5. The van der Waals surface area contributed by atoms with Gasteiger partial charge in [0.05, 0.1) is 25.9 Å². The van der Waals surface area contributed by atoms with E-state index in [2.05, 4.69) is 5.32 Å². The number of carbonyl (C=O) groups excluding carboxylic acids is 2. The Bertz CT molecular complexity index is 1240. The van der Waals surface area contributed by atoms with E-state index < -0.39 is 0 Å². The van der Waals surface area contributed by atoms with Gasteiger partial charge in [0.2, 0.25) is 5.78 Å². The van der Waals surface area contributed by atoms with Gasteiger partial charge in [0.15, 0.2) is 11.5 Å². The summed E-state index contributed by atoms with van der Waals surface area (Å²) in [5.41, 5.74) is 2.09. The number of benzene rings is 3. The van der Waals surface area contributed by atoms with E-state index in [1.807, 2.05) is 25.1 Å². The Labute approximate surface area is 185 Å². The van der Waals surface area contributed by atoms with Crippen LogP contribution in [0.3, 0.4) is 0 Å². The summed E-state index contributed by atoms with van der Waals surface area (Å²) in [5, 5.41) is 3.87. The van der Waals surface area contributed by atoms with Crippen molar-refractivity contribution in [2.75, 3.05) is 25.6 Å². The van der Waals surface area contributed by atoms with Crippen molar-refractivity contribution in [1.82, 2.24) is 0 Å². The van der Waals surface area contributed by atoms with Crippen LogP contribution in [0.4, 0.5) is 5.69 Å². The molecule has 4 aromatic rings. The fourth-order valence-corrected chi connectivity index (χ4v) is 3.43. The number of furan rings is 1. The molecule has 0 spiro atoms. The fourth-order valence-electron chi connectivity index (χ4n) is 3.43. The normalized spacial score (nSPS) is 10.7. The number of hydrogen-bond acceptors (Lipinski definition) is 6. The standard InChI is InChI=1S/C26H23NO5/c1-3-31-20-14-10-18(11-15-20)25(29)26-24(21-6-4-5-7-23(21)32-26)27-16-22(28)17-8-12-19(30-2)13-9-17/h4-15,27H,3,16H2,1-2H3. The number of methoxy groups -OCH3 is 1. The molecule has 1 heterocycles. The lowest BCUT2D eigenvalue weighted by atomic mass is 10.1. The molecule has 0 aliphatic heterocycles. The molecule has 0 unspecified atom stereocenters.